The van der Waals surface area contributed by atoms with E-state index >= 15 is 0 Å². The molecule has 1 aliphatic carbocycles. The molecule has 142 valence electrons. The molecule has 5 atom stereocenters. The van der Waals surface area contributed by atoms with Gasteiger partial charge in [0.1, 0.15) is 17.7 Å². The number of nitrogens with one attached hydrogen (secondary N) is 1. The fourth-order valence-electron chi connectivity index (χ4n) is 3.52. The highest BCUT2D eigenvalue weighted by Gasteiger charge is 2.42. The third-order valence-corrected chi connectivity index (χ3v) is 5.07. The van der Waals surface area contributed by atoms with E-state index in [2.05, 4.69) is 20.3 Å². The summed E-state index contributed by atoms with van der Waals surface area (Å²) in [5.41, 5.74) is 7.97. The van der Waals surface area contributed by atoms with Gasteiger partial charge < -0.3 is 30.9 Å². The number of aliphatic hydroxyl groups excluding tert-OH is 3. The summed E-state index contributed by atoms with van der Waals surface area (Å²) in [6.07, 6.45) is -1.63. The third kappa shape index (κ3) is 3.09. The number of aliphatic hydroxyl groups is 3. The van der Waals surface area contributed by atoms with E-state index in [1.54, 1.807) is 4.57 Å². The van der Waals surface area contributed by atoms with Crippen molar-refractivity contribution in [3.63, 3.8) is 0 Å². The molecule has 1 unspecified atom stereocenters. The number of nitrogens with two attached hydrogens (primary N) is 1. The maximum atomic E-state index is 10.2. The van der Waals surface area contributed by atoms with Crippen LogP contribution in [0.25, 0.3) is 11.2 Å². The van der Waals surface area contributed by atoms with Gasteiger partial charge in [-0.1, -0.05) is 30.3 Å². The fraction of sp³-hybridized carbons (Fsp3) is 0.389. The Hall–Kier alpha value is -2.75. The Morgan fingerprint density at radius 2 is 1.89 bits per heavy atom. The lowest BCUT2D eigenvalue weighted by Crippen LogP contribution is -2.31. The normalized spacial score (nSPS) is 26.4. The van der Waals surface area contributed by atoms with E-state index in [0.29, 0.717) is 17.1 Å². The van der Waals surface area contributed by atoms with Crippen LogP contribution >= 0.6 is 0 Å². The maximum Gasteiger partial charge on any atom is 0.227 e. The Morgan fingerprint density at radius 1 is 1.15 bits per heavy atom. The maximum absolute atomic E-state index is 10.2. The van der Waals surface area contributed by atoms with Crippen molar-refractivity contribution in [1.29, 1.82) is 0 Å². The highest BCUT2D eigenvalue weighted by Crippen LogP contribution is 2.34. The van der Waals surface area contributed by atoms with Gasteiger partial charge in [-0.3, -0.25) is 0 Å². The molecule has 3 aromatic rings. The Balaban J connectivity index is 1.68. The minimum Gasteiger partial charge on any atom is -0.390 e. The summed E-state index contributed by atoms with van der Waals surface area (Å²) < 4.78 is 1.63. The number of hydrogen-bond acceptors (Lipinski definition) is 8. The van der Waals surface area contributed by atoms with Crippen molar-refractivity contribution in [2.24, 2.45) is 0 Å². The van der Waals surface area contributed by atoms with Gasteiger partial charge in [0, 0.05) is 0 Å². The van der Waals surface area contributed by atoms with E-state index in [-0.39, 0.29) is 18.3 Å². The van der Waals surface area contributed by atoms with E-state index in [1.807, 2.05) is 37.3 Å². The van der Waals surface area contributed by atoms with Crippen molar-refractivity contribution in [2.45, 2.75) is 43.7 Å². The molecule has 2 heterocycles. The van der Waals surface area contributed by atoms with E-state index < -0.39 is 24.4 Å². The second-order valence-electron chi connectivity index (χ2n) is 6.88. The van der Waals surface area contributed by atoms with Crippen molar-refractivity contribution in [3.8, 4) is 0 Å². The molecule has 0 spiro atoms. The molecule has 1 saturated carbocycles. The first-order valence-electron chi connectivity index (χ1n) is 8.81. The number of nitrogens with zero attached hydrogens (tertiary/aromatic N) is 4. The number of rotatable bonds is 4. The van der Waals surface area contributed by atoms with Crippen molar-refractivity contribution < 1.29 is 15.3 Å². The van der Waals surface area contributed by atoms with Gasteiger partial charge in [-0.15, -0.1) is 0 Å². The van der Waals surface area contributed by atoms with Crippen LogP contribution in [0.3, 0.4) is 0 Å². The average molecular weight is 370 g/mol. The Labute approximate surface area is 155 Å². The topological polar surface area (TPSA) is 142 Å². The molecular weight excluding hydrogens is 348 g/mol. The first kappa shape index (κ1) is 17.7. The molecule has 9 nitrogen and oxygen atoms in total. The number of aromatic nitrogens is 4. The molecule has 9 heteroatoms. The molecule has 4 rings (SSSR count). The molecule has 0 amide bonds. The first-order valence-corrected chi connectivity index (χ1v) is 8.81. The summed E-state index contributed by atoms with van der Waals surface area (Å²) in [5.74, 6) is 0.557. The Bertz CT molecular complexity index is 947. The van der Waals surface area contributed by atoms with Crippen LogP contribution in [-0.2, 0) is 0 Å². The average Bonchev–Trinajstić information content (AvgIpc) is 3.19. The quantitative estimate of drug-likeness (QED) is 0.450. The highest BCUT2D eigenvalue weighted by molar-refractivity contribution is 5.83. The van der Waals surface area contributed by atoms with E-state index in [1.165, 1.54) is 6.33 Å². The van der Waals surface area contributed by atoms with Crippen LogP contribution in [0.5, 0.6) is 0 Å². The Morgan fingerprint density at radius 3 is 2.56 bits per heavy atom. The molecule has 0 saturated heterocycles. The molecule has 27 heavy (non-hydrogen) atoms. The highest BCUT2D eigenvalue weighted by atomic mass is 16.4. The minimum atomic E-state index is -1.21. The minimum absolute atomic E-state index is 0.0415. The number of anilines is 2. The van der Waals surface area contributed by atoms with Crippen LogP contribution in [0.2, 0.25) is 0 Å². The van der Waals surface area contributed by atoms with Gasteiger partial charge in [-0.05, 0) is 18.9 Å². The number of benzene rings is 1. The third-order valence-electron chi connectivity index (χ3n) is 5.07. The molecule has 1 fully saturated rings. The van der Waals surface area contributed by atoms with Gasteiger partial charge in [0.25, 0.3) is 0 Å². The standard InChI is InChI=1S/C18H22N6O3/c1-9(10-5-3-2-4-6-10)21-18-22-16(19)13-17(23-18)24(8-20-13)11-7-12(25)15(27)14(11)26/h2-6,8-9,11-12,14-15,25-27H,7H2,1H3,(H3,19,21,22,23)/t9?,11-,12+,14+,15-/m1/s1. The van der Waals surface area contributed by atoms with Crippen molar-refractivity contribution >= 4 is 22.9 Å². The second kappa shape index (κ2) is 6.76. The van der Waals surface area contributed by atoms with E-state index in [4.69, 9.17) is 5.73 Å². The molecule has 0 bridgehead atoms. The lowest BCUT2D eigenvalue weighted by Gasteiger charge is -2.18. The summed E-state index contributed by atoms with van der Waals surface area (Å²) in [5, 5.41) is 33.2. The van der Waals surface area contributed by atoms with E-state index in [0.717, 1.165) is 5.56 Å². The monoisotopic (exact) mass is 370 g/mol. The second-order valence-corrected chi connectivity index (χ2v) is 6.88. The smallest absolute Gasteiger partial charge is 0.227 e. The molecule has 1 aliphatic rings. The van der Waals surface area contributed by atoms with Crippen molar-refractivity contribution in [2.75, 3.05) is 11.1 Å². The summed E-state index contributed by atoms with van der Waals surface area (Å²) in [6.45, 7) is 1.99. The van der Waals surface area contributed by atoms with Crippen molar-refractivity contribution in [3.05, 3.63) is 42.2 Å². The van der Waals surface area contributed by atoms with Crippen LogP contribution in [0.4, 0.5) is 11.8 Å². The Kier molecular flexibility index (Phi) is 4.42. The van der Waals surface area contributed by atoms with Gasteiger partial charge in [-0.2, -0.15) is 9.97 Å². The predicted octanol–water partition coefficient (Wildman–Crippen LogP) is 0.609. The number of nitrogen functional groups attached to an aromatic ring is 1. The fourth-order valence-corrected chi connectivity index (χ4v) is 3.52. The molecule has 0 radical (unpaired) electrons. The molecule has 1 aromatic carbocycles. The van der Waals surface area contributed by atoms with Crippen LogP contribution < -0.4 is 11.1 Å². The van der Waals surface area contributed by atoms with Gasteiger partial charge in [0.05, 0.1) is 24.5 Å². The van der Waals surface area contributed by atoms with Gasteiger partial charge >= 0.3 is 0 Å². The van der Waals surface area contributed by atoms with Gasteiger partial charge in [-0.25, -0.2) is 4.98 Å². The zero-order chi connectivity index (χ0) is 19.1. The number of fused-ring (bicyclic) bond motifs is 1. The molecule has 0 aliphatic heterocycles. The molecule has 2 aromatic heterocycles. The van der Waals surface area contributed by atoms with Gasteiger partial charge in [0.15, 0.2) is 11.5 Å². The number of hydrogen-bond donors (Lipinski definition) is 5. The van der Waals surface area contributed by atoms with Crippen LogP contribution in [0.1, 0.15) is 31.0 Å². The van der Waals surface area contributed by atoms with Gasteiger partial charge in [0.2, 0.25) is 5.95 Å². The van der Waals surface area contributed by atoms with Crippen LogP contribution in [0.15, 0.2) is 36.7 Å². The number of imidazole rings is 1. The van der Waals surface area contributed by atoms with Crippen molar-refractivity contribution in [1.82, 2.24) is 19.5 Å². The lowest BCUT2D eigenvalue weighted by molar-refractivity contribution is -0.0244. The summed E-state index contributed by atoms with van der Waals surface area (Å²) in [4.78, 5) is 13.0. The summed E-state index contributed by atoms with van der Waals surface area (Å²) in [6, 6.07) is 9.28. The predicted molar refractivity (Wildman–Crippen MR) is 99.9 cm³/mol. The van der Waals surface area contributed by atoms with E-state index in [9.17, 15) is 15.3 Å². The van der Waals surface area contributed by atoms with Crippen LogP contribution in [-0.4, -0.2) is 53.2 Å². The summed E-state index contributed by atoms with van der Waals surface area (Å²) >= 11 is 0. The zero-order valence-electron chi connectivity index (χ0n) is 14.8. The molecular formula is C18H22N6O3. The zero-order valence-corrected chi connectivity index (χ0v) is 14.8. The summed E-state index contributed by atoms with van der Waals surface area (Å²) in [7, 11) is 0. The van der Waals surface area contributed by atoms with Crippen LogP contribution in [0, 0.1) is 0 Å². The largest absolute Gasteiger partial charge is 0.390 e. The molecule has 6 N–H and O–H groups in total. The SMILES string of the molecule is CC(Nc1nc(N)c2ncn([C@@H]3C[C@H](O)[C@@H](O)[C@H]3O)c2n1)c1ccccc1. The first-order chi connectivity index (χ1) is 13.0. The lowest BCUT2D eigenvalue weighted by atomic mass is 10.1.